The summed E-state index contributed by atoms with van der Waals surface area (Å²) in [5.41, 5.74) is 2.21. The molecule has 0 saturated heterocycles. The molecule has 0 unspecified atom stereocenters. The first-order valence-corrected chi connectivity index (χ1v) is 24.9. The van der Waals surface area contributed by atoms with E-state index in [0.29, 0.717) is 6.61 Å². The van der Waals surface area contributed by atoms with E-state index >= 15 is 0 Å². The van der Waals surface area contributed by atoms with Gasteiger partial charge in [-0.3, -0.25) is 0 Å². The van der Waals surface area contributed by atoms with Crippen molar-refractivity contribution in [2.24, 2.45) is 5.92 Å². The van der Waals surface area contributed by atoms with Crippen molar-refractivity contribution in [2.75, 3.05) is 20.8 Å². The number of hydrogen-bond donors (Lipinski definition) is 1. The van der Waals surface area contributed by atoms with Crippen LogP contribution in [0.25, 0.3) is 0 Å². The van der Waals surface area contributed by atoms with Crippen LogP contribution in [0.15, 0.2) is 95.1 Å². The molecular weight excluding hydrogens is 663 g/mol. The fourth-order valence-electron chi connectivity index (χ4n) is 6.44. The second-order valence-corrected chi connectivity index (χ2v) is 25.7. The van der Waals surface area contributed by atoms with Crippen LogP contribution in [-0.4, -0.2) is 56.5 Å². The first-order chi connectivity index (χ1) is 21.9. The Balaban J connectivity index is 1.94. The van der Waals surface area contributed by atoms with Gasteiger partial charge in [-0.05, 0) is 0 Å². The zero-order chi connectivity index (χ0) is 32.5. The average Bonchev–Trinajstić information content (AvgIpc) is 3.10. The Hall–Kier alpha value is -2.12. The number of aliphatic hydroxyl groups excluding tert-OH is 1. The predicted octanol–water partition coefficient (Wildman–Crippen LogP) is 9.96. The molecule has 0 saturated carbocycles. The molecule has 45 heavy (non-hydrogen) atoms. The van der Waals surface area contributed by atoms with Crippen LogP contribution in [0.3, 0.4) is 0 Å². The average molecular weight is 722 g/mol. The minimum absolute atomic E-state index is 0.170. The van der Waals surface area contributed by atoms with E-state index in [2.05, 4.69) is 98.5 Å². The maximum absolute atomic E-state index is 11.7. The van der Waals surface area contributed by atoms with Gasteiger partial charge in [0.05, 0.1) is 7.11 Å². The Labute approximate surface area is 278 Å². The molecule has 4 nitrogen and oxygen atoms in total. The second-order valence-electron chi connectivity index (χ2n) is 12.7. The number of unbranched alkanes of at least 4 members (excludes halogenated alkanes) is 3. The van der Waals surface area contributed by atoms with Crippen molar-refractivity contribution >= 4 is 18.4 Å². The van der Waals surface area contributed by atoms with Gasteiger partial charge >= 0.3 is 267 Å². The summed E-state index contributed by atoms with van der Waals surface area (Å²) in [7, 11) is 3.41. The van der Waals surface area contributed by atoms with Crippen LogP contribution in [-0.2, 0) is 15.1 Å². The molecule has 0 radical (unpaired) electrons. The number of methoxy groups -OCH3 is 2. The van der Waals surface area contributed by atoms with Gasteiger partial charge in [0.25, 0.3) is 0 Å². The molecule has 0 amide bonds. The predicted molar refractivity (Wildman–Crippen MR) is 192 cm³/mol. The van der Waals surface area contributed by atoms with Crippen LogP contribution in [0.5, 0.6) is 5.75 Å². The summed E-state index contributed by atoms with van der Waals surface area (Å²) in [6.45, 7) is 9.34. The summed E-state index contributed by atoms with van der Waals surface area (Å²) >= 11 is -2.53. The zero-order valence-corrected chi connectivity index (χ0v) is 31.6. The van der Waals surface area contributed by atoms with Crippen LogP contribution >= 0.6 is 0 Å². The van der Waals surface area contributed by atoms with E-state index in [9.17, 15) is 5.11 Å². The van der Waals surface area contributed by atoms with Gasteiger partial charge in [0, 0.05) is 0 Å². The van der Waals surface area contributed by atoms with E-state index in [4.69, 9.17) is 14.2 Å². The summed E-state index contributed by atoms with van der Waals surface area (Å²) in [5, 5.41) is 11.7. The van der Waals surface area contributed by atoms with E-state index in [0.717, 1.165) is 22.4 Å². The van der Waals surface area contributed by atoms with Crippen LogP contribution < -0.4 is 4.74 Å². The quantitative estimate of drug-likeness (QED) is 0.0879. The SMILES string of the molecule is CCC[CH2][Sn](/[CH]=C/[C@@H](OC)[C@H](O)[C@@H](C)COC(c1ccccc1)(c1ccccc1)c1ccc(OC)cc1)([CH2]CCC)[CH2]CCC. The third kappa shape index (κ3) is 10.2. The molecule has 1 N–H and O–H groups in total. The van der Waals surface area contributed by atoms with Gasteiger partial charge in [-0.25, -0.2) is 0 Å². The summed E-state index contributed by atoms with van der Waals surface area (Å²) < 4.78 is 25.3. The van der Waals surface area contributed by atoms with Crippen LogP contribution in [0, 0.1) is 5.92 Å². The molecule has 0 heterocycles. The fraction of sp³-hybridized carbons (Fsp3) is 0.500. The third-order valence-corrected chi connectivity index (χ3v) is 23.5. The minimum atomic E-state index is -2.53. The van der Waals surface area contributed by atoms with E-state index in [1.54, 1.807) is 14.2 Å². The van der Waals surface area contributed by atoms with E-state index in [1.165, 1.54) is 51.8 Å². The molecular formula is C40H58O4Sn. The number of aliphatic hydroxyl groups is 1. The molecule has 3 rings (SSSR count). The summed E-state index contributed by atoms with van der Waals surface area (Å²) in [6.07, 6.45) is 8.84. The van der Waals surface area contributed by atoms with Gasteiger partial charge in [-0.15, -0.1) is 0 Å². The van der Waals surface area contributed by atoms with E-state index in [1.807, 2.05) is 24.3 Å². The second kappa shape index (κ2) is 19.5. The molecule has 0 aromatic heterocycles. The monoisotopic (exact) mass is 722 g/mol. The first-order valence-electron chi connectivity index (χ1n) is 17.2. The molecule has 3 aromatic carbocycles. The standard InChI is InChI=1S/C28H31O4.3C4H9.Sn/c1-5-26(31-4)27(29)21(2)20-32-28(22-12-8-6-9-13-22,23-14-10-7-11-15-23)24-16-18-25(30-3)19-17-24;3*1-3-4-2;/h1,5-19,21,26-27,29H,20H2,2-4H3;3*1,3-4H2,2H3;/t21-,26+,27+;;;;/m0..../s1. The number of ether oxygens (including phenoxy) is 3. The normalized spacial score (nSPS) is 14.4. The van der Waals surface area contributed by atoms with Crippen molar-refractivity contribution < 1.29 is 19.3 Å². The van der Waals surface area contributed by atoms with Crippen molar-refractivity contribution in [2.45, 2.75) is 97.3 Å². The first kappa shape index (κ1) is 37.3. The van der Waals surface area contributed by atoms with E-state index in [-0.39, 0.29) is 12.0 Å². The fourth-order valence-corrected chi connectivity index (χ4v) is 20.8. The Morgan fingerprint density at radius 1 is 0.711 bits per heavy atom. The molecule has 0 fully saturated rings. The van der Waals surface area contributed by atoms with Crippen LogP contribution in [0.2, 0.25) is 13.3 Å². The molecule has 246 valence electrons. The van der Waals surface area contributed by atoms with Gasteiger partial charge < -0.3 is 4.74 Å². The Bertz CT molecular complexity index is 1170. The van der Waals surface area contributed by atoms with Gasteiger partial charge in [0.15, 0.2) is 0 Å². The van der Waals surface area contributed by atoms with Gasteiger partial charge in [0.1, 0.15) is 0 Å². The summed E-state index contributed by atoms with van der Waals surface area (Å²) in [4.78, 5) is 0. The Morgan fingerprint density at radius 3 is 1.60 bits per heavy atom. The zero-order valence-electron chi connectivity index (χ0n) is 28.7. The molecule has 5 heteroatoms. The number of benzene rings is 3. The van der Waals surface area contributed by atoms with Gasteiger partial charge in [0.2, 0.25) is 0 Å². The van der Waals surface area contributed by atoms with Crippen molar-refractivity contribution in [3.8, 4) is 5.75 Å². The molecule has 3 aromatic rings. The molecule has 0 aliphatic heterocycles. The molecule has 0 aliphatic carbocycles. The molecule has 0 bridgehead atoms. The van der Waals surface area contributed by atoms with Crippen molar-refractivity contribution in [3.63, 3.8) is 0 Å². The molecule has 0 spiro atoms. The Kier molecular flexibility index (Phi) is 16.2. The summed E-state index contributed by atoms with van der Waals surface area (Å²) in [5.74, 6) is 0.627. The Morgan fingerprint density at radius 2 is 1.18 bits per heavy atom. The van der Waals surface area contributed by atoms with E-state index < -0.39 is 30.1 Å². The van der Waals surface area contributed by atoms with Crippen molar-refractivity contribution in [3.05, 3.63) is 112 Å². The van der Waals surface area contributed by atoms with Crippen molar-refractivity contribution in [1.29, 1.82) is 0 Å². The van der Waals surface area contributed by atoms with Gasteiger partial charge in [-0.1, -0.05) is 0 Å². The van der Waals surface area contributed by atoms with Crippen LogP contribution in [0.4, 0.5) is 0 Å². The molecule has 0 aliphatic rings. The number of hydrogen-bond acceptors (Lipinski definition) is 4. The third-order valence-electron chi connectivity index (χ3n) is 9.34. The molecule has 3 atom stereocenters. The van der Waals surface area contributed by atoms with Gasteiger partial charge in [-0.2, -0.15) is 0 Å². The van der Waals surface area contributed by atoms with Crippen LogP contribution in [0.1, 0.15) is 82.9 Å². The number of rotatable bonds is 21. The van der Waals surface area contributed by atoms with Crippen molar-refractivity contribution in [1.82, 2.24) is 0 Å². The summed E-state index contributed by atoms with van der Waals surface area (Å²) in [6, 6.07) is 28.9. The maximum atomic E-state index is 11.7. The topological polar surface area (TPSA) is 47.9 Å².